The van der Waals surface area contributed by atoms with Crippen molar-refractivity contribution in [3.63, 3.8) is 0 Å². The number of nitrogens with one attached hydrogen (secondary N) is 1. The summed E-state index contributed by atoms with van der Waals surface area (Å²) in [7, 11) is 0. The molecule has 0 saturated carbocycles. The summed E-state index contributed by atoms with van der Waals surface area (Å²) in [4.78, 5) is 25.9. The molecule has 0 radical (unpaired) electrons. The van der Waals surface area contributed by atoms with E-state index >= 15 is 0 Å². The van der Waals surface area contributed by atoms with Crippen LogP contribution < -0.4 is 5.32 Å². The predicted octanol–water partition coefficient (Wildman–Crippen LogP) is 5.07. The Balaban J connectivity index is 1.94. The summed E-state index contributed by atoms with van der Waals surface area (Å²) in [6.45, 7) is 1.46. The molecule has 3 rings (SSSR count). The summed E-state index contributed by atoms with van der Waals surface area (Å²) in [6.07, 6.45) is 0. The molecule has 0 spiro atoms. The van der Waals surface area contributed by atoms with Crippen molar-refractivity contribution >= 4 is 40.1 Å². The third-order valence-electron chi connectivity index (χ3n) is 3.17. The molecule has 1 N–H and O–H groups in total. The van der Waals surface area contributed by atoms with Crippen molar-refractivity contribution < 1.29 is 14.0 Å². The van der Waals surface area contributed by atoms with Gasteiger partial charge in [-0.05, 0) is 35.2 Å². The van der Waals surface area contributed by atoms with E-state index in [2.05, 4.69) is 5.32 Å². The van der Waals surface area contributed by atoms with E-state index in [9.17, 15) is 14.0 Å². The van der Waals surface area contributed by atoms with Gasteiger partial charge < -0.3 is 5.32 Å². The van der Waals surface area contributed by atoms with E-state index in [1.54, 1.807) is 30.3 Å². The van der Waals surface area contributed by atoms with Crippen LogP contribution in [0.5, 0.6) is 0 Å². The van der Waals surface area contributed by atoms with E-state index in [-0.39, 0.29) is 17.5 Å². The first-order valence-electron chi connectivity index (χ1n) is 6.80. The summed E-state index contributed by atoms with van der Waals surface area (Å²) in [6, 6.07) is 11.3. The smallest absolute Gasteiger partial charge is 0.265 e. The van der Waals surface area contributed by atoms with Crippen LogP contribution in [-0.2, 0) is 0 Å². The Hall–Kier alpha value is -2.31. The van der Waals surface area contributed by atoms with Crippen molar-refractivity contribution in [1.82, 2.24) is 0 Å². The number of hydrogen-bond donors (Lipinski definition) is 1. The fraction of sp³-hybridized carbons (Fsp3) is 0.0588. The number of amides is 1. The summed E-state index contributed by atoms with van der Waals surface area (Å²) in [5, 5.41) is 4.60. The highest BCUT2D eigenvalue weighted by molar-refractivity contribution is 7.18. The molecular weight excluding hydrogens is 333 g/mol. The highest BCUT2D eigenvalue weighted by atomic mass is 32.1. The van der Waals surface area contributed by atoms with E-state index in [0.717, 1.165) is 10.4 Å². The number of halogens is 1. The topological polar surface area (TPSA) is 46.2 Å². The van der Waals surface area contributed by atoms with Gasteiger partial charge in [-0.1, -0.05) is 18.2 Å². The third kappa shape index (κ3) is 3.38. The average Bonchev–Trinajstić information content (AvgIpc) is 3.17. The molecule has 0 aliphatic rings. The molecule has 3 nitrogen and oxygen atoms in total. The maximum absolute atomic E-state index is 13.0. The van der Waals surface area contributed by atoms with Gasteiger partial charge in [-0.3, -0.25) is 9.59 Å². The zero-order chi connectivity index (χ0) is 16.4. The molecule has 0 saturated heterocycles. The number of thiophene rings is 2. The number of rotatable bonds is 4. The number of carbonyl (C=O) groups is 2. The predicted molar refractivity (Wildman–Crippen MR) is 92.0 cm³/mol. The molecular formula is C17H12FNO2S2. The summed E-state index contributed by atoms with van der Waals surface area (Å²) in [5.41, 5.74) is 1.29. The molecule has 0 aliphatic heterocycles. The Morgan fingerprint density at radius 2 is 1.87 bits per heavy atom. The molecule has 0 atom stereocenters. The van der Waals surface area contributed by atoms with Crippen molar-refractivity contribution in [3.8, 4) is 10.4 Å². The first kappa shape index (κ1) is 15.6. The largest absolute Gasteiger partial charge is 0.320 e. The third-order valence-corrected chi connectivity index (χ3v) is 5.33. The van der Waals surface area contributed by atoms with Crippen LogP contribution in [0, 0.1) is 5.82 Å². The lowest BCUT2D eigenvalue weighted by Gasteiger charge is -2.02. The SMILES string of the molecule is CC(=O)c1sc(-c2ccc(F)cc2)cc1NC(=O)c1cccs1. The quantitative estimate of drug-likeness (QED) is 0.671. The zero-order valence-electron chi connectivity index (χ0n) is 12.1. The van der Waals surface area contributed by atoms with Crippen molar-refractivity contribution in [2.45, 2.75) is 6.92 Å². The second-order valence-corrected chi connectivity index (χ2v) is 6.85. The van der Waals surface area contributed by atoms with Gasteiger partial charge in [0, 0.05) is 11.8 Å². The number of hydrogen-bond acceptors (Lipinski definition) is 4. The van der Waals surface area contributed by atoms with Gasteiger partial charge in [0.2, 0.25) is 0 Å². The summed E-state index contributed by atoms with van der Waals surface area (Å²) >= 11 is 2.62. The van der Waals surface area contributed by atoms with Crippen molar-refractivity contribution in [1.29, 1.82) is 0 Å². The number of benzene rings is 1. The normalized spacial score (nSPS) is 10.5. The number of ketones is 1. The van der Waals surface area contributed by atoms with Crippen molar-refractivity contribution in [2.24, 2.45) is 0 Å². The number of Topliss-reactive ketones (excluding diaryl/α,β-unsaturated/α-hetero) is 1. The molecule has 6 heteroatoms. The fourth-order valence-electron chi connectivity index (χ4n) is 2.09. The van der Waals surface area contributed by atoms with Gasteiger partial charge >= 0.3 is 0 Å². The van der Waals surface area contributed by atoms with Crippen LogP contribution in [0.4, 0.5) is 10.1 Å². The van der Waals surface area contributed by atoms with E-state index in [1.165, 1.54) is 41.7 Å². The monoisotopic (exact) mass is 345 g/mol. The minimum absolute atomic E-state index is 0.121. The number of carbonyl (C=O) groups excluding carboxylic acids is 2. The zero-order valence-corrected chi connectivity index (χ0v) is 13.8. The van der Waals surface area contributed by atoms with Gasteiger partial charge in [-0.15, -0.1) is 22.7 Å². The highest BCUT2D eigenvalue weighted by Crippen LogP contribution is 2.35. The lowest BCUT2D eigenvalue weighted by molar-refractivity contribution is 0.102. The molecule has 23 heavy (non-hydrogen) atoms. The van der Waals surface area contributed by atoms with E-state index < -0.39 is 0 Å². The molecule has 1 aromatic carbocycles. The first-order valence-corrected chi connectivity index (χ1v) is 8.50. The van der Waals surface area contributed by atoms with Crippen molar-refractivity contribution in [2.75, 3.05) is 5.32 Å². The Bertz CT molecular complexity index is 851. The summed E-state index contributed by atoms with van der Waals surface area (Å²) < 4.78 is 13.0. The lowest BCUT2D eigenvalue weighted by atomic mass is 10.2. The van der Waals surface area contributed by atoms with Gasteiger partial charge in [0.15, 0.2) is 5.78 Å². The molecule has 2 aromatic heterocycles. The molecule has 116 valence electrons. The van der Waals surface area contributed by atoms with Gasteiger partial charge in [0.1, 0.15) is 5.82 Å². The maximum Gasteiger partial charge on any atom is 0.265 e. The summed E-state index contributed by atoms with van der Waals surface area (Å²) in [5.74, 6) is -0.681. The average molecular weight is 345 g/mol. The van der Waals surface area contributed by atoms with Gasteiger partial charge in [0.05, 0.1) is 15.4 Å². The Kier molecular flexibility index (Phi) is 4.36. The van der Waals surface area contributed by atoms with E-state index in [4.69, 9.17) is 0 Å². The maximum atomic E-state index is 13.0. The Morgan fingerprint density at radius 3 is 2.48 bits per heavy atom. The molecule has 2 heterocycles. The minimum atomic E-state index is -0.316. The standard InChI is InChI=1S/C17H12FNO2S2/c1-10(20)16-13(19-17(21)14-3-2-8-22-14)9-15(23-16)11-4-6-12(18)7-5-11/h2-9H,1H3,(H,19,21). The molecule has 3 aromatic rings. The second-order valence-electron chi connectivity index (χ2n) is 4.85. The van der Waals surface area contributed by atoms with Gasteiger partial charge in [-0.25, -0.2) is 4.39 Å². The molecule has 1 amide bonds. The van der Waals surface area contributed by atoms with E-state index in [1.807, 2.05) is 5.38 Å². The highest BCUT2D eigenvalue weighted by Gasteiger charge is 2.17. The van der Waals surface area contributed by atoms with Crippen LogP contribution >= 0.6 is 22.7 Å². The van der Waals surface area contributed by atoms with Crippen molar-refractivity contribution in [3.05, 3.63) is 63.4 Å². The van der Waals surface area contributed by atoms with Gasteiger partial charge in [-0.2, -0.15) is 0 Å². The molecule has 0 fully saturated rings. The lowest BCUT2D eigenvalue weighted by Crippen LogP contribution is -2.11. The van der Waals surface area contributed by atoms with Gasteiger partial charge in [0.25, 0.3) is 5.91 Å². The van der Waals surface area contributed by atoms with Crippen LogP contribution in [0.25, 0.3) is 10.4 Å². The Morgan fingerprint density at radius 1 is 1.13 bits per heavy atom. The van der Waals surface area contributed by atoms with Crippen LogP contribution in [0.3, 0.4) is 0 Å². The second kappa shape index (κ2) is 6.44. The van der Waals surface area contributed by atoms with Crippen LogP contribution in [0.1, 0.15) is 26.3 Å². The van der Waals surface area contributed by atoms with E-state index in [0.29, 0.717) is 15.4 Å². The number of anilines is 1. The molecule has 0 bridgehead atoms. The van der Waals surface area contributed by atoms with Crippen LogP contribution in [0.15, 0.2) is 47.8 Å². The molecule has 0 unspecified atom stereocenters. The minimum Gasteiger partial charge on any atom is -0.320 e. The Labute approximate surface area is 140 Å². The first-order chi connectivity index (χ1) is 11.0. The fourth-order valence-corrected chi connectivity index (χ4v) is 3.73. The van der Waals surface area contributed by atoms with Crippen LogP contribution in [0.2, 0.25) is 0 Å². The molecule has 0 aliphatic carbocycles. The van der Waals surface area contributed by atoms with Crippen LogP contribution in [-0.4, -0.2) is 11.7 Å².